The van der Waals surface area contributed by atoms with Crippen LogP contribution >= 0.6 is 24.0 Å². The number of benzene rings is 1. The molecule has 0 spiro atoms. The molecular formula is C21H31IN6O2. The molecule has 30 heavy (non-hydrogen) atoms. The highest BCUT2D eigenvalue weighted by molar-refractivity contribution is 14.0. The lowest BCUT2D eigenvalue weighted by molar-refractivity contribution is -0.117. The van der Waals surface area contributed by atoms with E-state index in [2.05, 4.69) is 25.8 Å². The number of anilines is 1. The first-order valence-electron chi connectivity index (χ1n) is 10.2. The van der Waals surface area contributed by atoms with Crippen molar-refractivity contribution in [2.75, 3.05) is 25.0 Å². The van der Waals surface area contributed by atoms with Crippen molar-refractivity contribution in [3.63, 3.8) is 0 Å². The first-order chi connectivity index (χ1) is 14.1. The monoisotopic (exact) mass is 526 g/mol. The van der Waals surface area contributed by atoms with Crippen LogP contribution in [0.1, 0.15) is 56.3 Å². The number of aryl methyl sites for hydroxylation is 1. The topological polar surface area (TPSA) is 95.7 Å². The second-order valence-corrected chi connectivity index (χ2v) is 7.47. The molecule has 0 bridgehead atoms. The molecule has 1 aromatic carbocycles. The van der Waals surface area contributed by atoms with Crippen LogP contribution in [0.5, 0.6) is 0 Å². The minimum atomic E-state index is 0. The van der Waals surface area contributed by atoms with Crippen molar-refractivity contribution in [1.82, 2.24) is 20.8 Å². The molecule has 0 unspecified atom stereocenters. The standard InChI is InChI=1S/C21H30N6O2.HI/c1-15(2)20-25-18(29-26-20)6-4-12-23-21(22-3)24-14-16-8-10-17(11-9-16)27-13-5-7-19(27)28;/h8-11,15H,4-7,12-14H2,1-3H3,(H2,22,23,24);1H. The lowest BCUT2D eigenvalue weighted by Crippen LogP contribution is -2.37. The van der Waals surface area contributed by atoms with Crippen molar-refractivity contribution < 1.29 is 9.32 Å². The second-order valence-electron chi connectivity index (χ2n) is 7.47. The van der Waals surface area contributed by atoms with Gasteiger partial charge in [0.25, 0.3) is 0 Å². The van der Waals surface area contributed by atoms with Gasteiger partial charge in [-0.25, -0.2) is 0 Å². The van der Waals surface area contributed by atoms with Crippen LogP contribution in [0, 0.1) is 0 Å². The zero-order chi connectivity index (χ0) is 20.6. The number of hydrogen-bond acceptors (Lipinski definition) is 5. The Bertz CT molecular complexity index is 834. The zero-order valence-corrected chi connectivity index (χ0v) is 20.2. The third-order valence-electron chi connectivity index (χ3n) is 4.87. The first kappa shape index (κ1) is 24.1. The van der Waals surface area contributed by atoms with E-state index in [0.717, 1.165) is 55.4 Å². The zero-order valence-electron chi connectivity index (χ0n) is 17.9. The largest absolute Gasteiger partial charge is 0.356 e. The van der Waals surface area contributed by atoms with Gasteiger partial charge in [-0.2, -0.15) is 4.98 Å². The molecule has 1 aromatic heterocycles. The van der Waals surface area contributed by atoms with Crippen molar-refractivity contribution in [2.24, 2.45) is 4.99 Å². The van der Waals surface area contributed by atoms with Gasteiger partial charge in [0.15, 0.2) is 11.8 Å². The lowest BCUT2D eigenvalue weighted by atomic mass is 10.2. The van der Waals surface area contributed by atoms with Crippen molar-refractivity contribution in [3.8, 4) is 0 Å². The highest BCUT2D eigenvalue weighted by Gasteiger charge is 2.21. The average molecular weight is 526 g/mol. The summed E-state index contributed by atoms with van der Waals surface area (Å²) in [5, 5.41) is 10.6. The molecule has 2 N–H and O–H groups in total. The number of rotatable bonds is 8. The van der Waals surface area contributed by atoms with Gasteiger partial charge < -0.3 is 20.1 Å². The summed E-state index contributed by atoms with van der Waals surface area (Å²) in [6.45, 7) is 6.33. The Morgan fingerprint density at radius 2 is 2.03 bits per heavy atom. The molecule has 1 aliphatic rings. The maximum absolute atomic E-state index is 11.8. The molecule has 0 radical (unpaired) electrons. The van der Waals surface area contributed by atoms with Gasteiger partial charge in [-0.3, -0.25) is 9.79 Å². The number of carbonyl (C=O) groups excluding carboxylic acids is 1. The molecule has 2 aromatic rings. The van der Waals surface area contributed by atoms with E-state index in [1.807, 2.05) is 43.0 Å². The molecule has 3 rings (SSSR count). The van der Waals surface area contributed by atoms with E-state index in [0.29, 0.717) is 18.9 Å². The summed E-state index contributed by atoms with van der Waals surface area (Å²) < 4.78 is 5.26. The smallest absolute Gasteiger partial charge is 0.227 e. The van der Waals surface area contributed by atoms with Gasteiger partial charge in [-0.1, -0.05) is 31.1 Å². The lowest BCUT2D eigenvalue weighted by Gasteiger charge is -2.16. The molecule has 1 fully saturated rings. The maximum Gasteiger partial charge on any atom is 0.227 e. The van der Waals surface area contributed by atoms with Gasteiger partial charge >= 0.3 is 0 Å². The van der Waals surface area contributed by atoms with Crippen LogP contribution in [0.2, 0.25) is 0 Å². The van der Waals surface area contributed by atoms with E-state index >= 15 is 0 Å². The van der Waals surface area contributed by atoms with Gasteiger partial charge in [0.1, 0.15) is 0 Å². The number of aromatic nitrogens is 2. The van der Waals surface area contributed by atoms with Gasteiger partial charge in [0.05, 0.1) is 0 Å². The molecule has 164 valence electrons. The fourth-order valence-corrected chi connectivity index (χ4v) is 3.17. The first-order valence-corrected chi connectivity index (χ1v) is 10.2. The van der Waals surface area contributed by atoms with E-state index in [4.69, 9.17) is 4.52 Å². The summed E-state index contributed by atoms with van der Waals surface area (Å²) in [7, 11) is 1.75. The number of hydrogen-bond donors (Lipinski definition) is 2. The van der Waals surface area contributed by atoms with Crippen molar-refractivity contribution in [2.45, 2.75) is 52.0 Å². The van der Waals surface area contributed by atoms with Crippen molar-refractivity contribution >= 4 is 41.5 Å². The third kappa shape index (κ3) is 6.68. The Hall–Kier alpha value is -2.17. The Morgan fingerprint density at radius 1 is 1.27 bits per heavy atom. The van der Waals surface area contributed by atoms with E-state index in [1.54, 1.807) is 7.05 Å². The van der Waals surface area contributed by atoms with Crippen LogP contribution in [-0.2, 0) is 17.8 Å². The predicted molar refractivity (Wildman–Crippen MR) is 128 cm³/mol. The summed E-state index contributed by atoms with van der Waals surface area (Å²) in [6, 6.07) is 8.10. The molecule has 2 heterocycles. The Kier molecular flexibility index (Phi) is 9.54. The van der Waals surface area contributed by atoms with Crippen LogP contribution in [0.3, 0.4) is 0 Å². The van der Waals surface area contributed by atoms with Gasteiger partial charge in [0, 0.05) is 51.1 Å². The highest BCUT2D eigenvalue weighted by atomic mass is 127. The molecule has 1 saturated heterocycles. The second kappa shape index (κ2) is 11.9. The minimum absolute atomic E-state index is 0. The molecule has 0 saturated carbocycles. The fraction of sp³-hybridized carbons (Fsp3) is 0.524. The molecule has 8 nitrogen and oxygen atoms in total. The highest BCUT2D eigenvalue weighted by Crippen LogP contribution is 2.21. The third-order valence-corrected chi connectivity index (χ3v) is 4.87. The molecule has 1 amide bonds. The SMILES string of the molecule is CN=C(NCCCc1nc(C(C)C)no1)NCc1ccc(N2CCCC2=O)cc1.I. The minimum Gasteiger partial charge on any atom is -0.356 e. The Balaban J connectivity index is 0.00000320. The van der Waals surface area contributed by atoms with Gasteiger partial charge in [0.2, 0.25) is 11.8 Å². The van der Waals surface area contributed by atoms with Crippen LogP contribution in [0.4, 0.5) is 5.69 Å². The van der Waals surface area contributed by atoms with E-state index < -0.39 is 0 Å². The molecule has 1 aliphatic heterocycles. The Morgan fingerprint density at radius 3 is 2.63 bits per heavy atom. The number of nitrogens with one attached hydrogen (secondary N) is 2. The van der Waals surface area contributed by atoms with Crippen LogP contribution in [0.15, 0.2) is 33.8 Å². The Labute approximate surface area is 194 Å². The number of guanidine groups is 1. The average Bonchev–Trinajstić information content (AvgIpc) is 3.37. The van der Waals surface area contributed by atoms with Gasteiger partial charge in [-0.05, 0) is 30.5 Å². The number of carbonyl (C=O) groups is 1. The summed E-state index contributed by atoms with van der Waals surface area (Å²) in [6.07, 6.45) is 3.20. The fourth-order valence-electron chi connectivity index (χ4n) is 3.17. The number of halogens is 1. The summed E-state index contributed by atoms with van der Waals surface area (Å²) in [5.74, 6) is 2.66. The molecule has 0 aliphatic carbocycles. The van der Waals surface area contributed by atoms with E-state index in [1.165, 1.54) is 0 Å². The normalized spacial score (nSPS) is 14.2. The predicted octanol–water partition coefficient (Wildman–Crippen LogP) is 3.24. The number of amides is 1. The quantitative estimate of drug-likeness (QED) is 0.238. The molecule has 9 heteroatoms. The van der Waals surface area contributed by atoms with Gasteiger partial charge in [-0.15, -0.1) is 24.0 Å². The summed E-state index contributed by atoms with van der Waals surface area (Å²) >= 11 is 0. The maximum atomic E-state index is 11.8. The van der Waals surface area contributed by atoms with Crippen LogP contribution < -0.4 is 15.5 Å². The molecule has 0 atom stereocenters. The molecular weight excluding hydrogens is 495 g/mol. The van der Waals surface area contributed by atoms with E-state index in [-0.39, 0.29) is 35.8 Å². The summed E-state index contributed by atoms with van der Waals surface area (Å²) in [4.78, 5) is 22.3. The van der Waals surface area contributed by atoms with E-state index in [9.17, 15) is 4.79 Å². The van der Waals surface area contributed by atoms with Crippen molar-refractivity contribution in [1.29, 1.82) is 0 Å². The number of aliphatic imine (C=N–C) groups is 1. The van der Waals surface area contributed by atoms with Crippen LogP contribution in [-0.4, -0.2) is 42.1 Å². The summed E-state index contributed by atoms with van der Waals surface area (Å²) in [5.41, 5.74) is 2.11. The van der Waals surface area contributed by atoms with Crippen molar-refractivity contribution in [3.05, 3.63) is 41.5 Å². The van der Waals surface area contributed by atoms with Crippen LogP contribution in [0.25, 0.3) is 0 Å². The number of nitrogens with zero attached hydrogens (tertiary/aromatic N) is 4.